The van der Waals surface area contributed by atoms with Crippen molar-refractivity contribution in [3.05, 3.63) is 105 Å². The number of aliphatic carboxylic acids is 1. The molecule has 1 aliphatic heterocycles. The van der Waals surface area contributed by atoms with E-state index in [1.54, 1.807) is 24.4 Å². The van der Waals surface area contributed by atoms with Crippen LogP contribution in [0, 0.1) is 11.3 Å². The summed E-state index contributed by atoms with van der Waals surface area (Å²) < 4.78 is 18.9. The molecule has 53 heavy (non-hydrogen) atoms. The number of pyridine rings is 1. The van der Waals surface area contributed by atoms with Crippen molar-refractivity contribution in [2.24, 2.45) is 0 Å². The number of halogens is 2. The van der Waals surface area contributed by atoms with E-state index in [1.807, 2.05) is 37.3 Å². The minimum atomic E-state index is -1.60. The molecule has 1 saturated heterocycles. The van der Waals surface area contributed by atoms with Gasteiger partial charge < -0.3 is 29.5 Å². The molecule has 0 amide bonds. The second-order valence-electron chi connectivity index (χ2n) is 14.1. The Balaban J connectivity index is 1.20. The lowest BCUT2D eigenvalue weighted by atomic mass is 9.96. The van der Waals surface area contributed by atoms with Gasteiger partial charge in [0.15, 0.2) is 0 Å². The number of benzene rings is 3. The number of nitrogens with one attached hydrogen (secondary N) is 1. The predicted octanol–water partition coefficient (Wildman–Crippen LogP) is 6.33. The molecule has 1 aliphatic carbocycles. The van der Waals surface area contributed by atoms with E-state index in [-0.39, 0.29) is 19.3 Å². The van der Waals surface area contributed by atoms with Gasteiger partial charge in [-0.1, -0.05) is 53.5 Å². The van der Waals surface area contributed by atoms with Gasteiger partial charge in [0.1, 0.15) is 41.6 Å². The van der Waals surface area contributed by atoms with Crippen LogP contribution >= 0.6 is 23.2 Å². The molecule has 4 aromatic rings. The molecule has 4 N–H and O–H groups in total. The molecule has 2 atom stereocenters. The van der Waals surface area contributed by atoms with E-state index < -0.39 is 23.7 Å². The molecule has 2 aliphatic rings. The van der Waals surface area contributed by atoms with Crippen molar-refractivity contribution in [2.75, 3.05) is 32.8 Å². The predicted molar refractivity (Wildman–Crippen MR) is 200 cm³/mol. The average Bonchev–Trinajstić information content (AvgIpc) is 3.55. The largest absolute Gasteiger partial charge is 0.492 e. The number of aliphatic hydroxyl groups is 2. The van der Waals surface area contributed by atoms with Crippen molar-refractivity contribution in [2.45, 2.75) is 63.5 Å². The molecule has 11 nitrogen and oxygen atoms in total. The highest BCUT2D eigenvalue weighted by Gasteiger charge is 2.36. The van der Waals surface area contributed by atoms with Gasteiger partial charge in [0, 0.05) is 61.3 Å². The van der Waals surface area contributed by atoms with Crippen molar-refractivity contribution >= 4 is 29.2 Å². The fourth-order valence-electron chi connectivity index (χ4n) is 6.74. The zero-order chi connectivity index (χ0) is 37.8. The third-order valence-electron chi connectivity index (χ3n) is 9.63. The van der Waals surface area contributed by atoms with Gasteiger partial charge in [-0.15, -0.1) is 0 Å². The first kappa shape index (κ1) is 38.3. The van der Waals surface area contributed by atoms with Crippen LogP contribution in [-0.4, -0.2) is 75.2 Å². The Bertz CT molecular complexity index is 2010. The first-order chi connectivity index (χ1) is 25.4. The number of carbonyl (C=O) groups is 1. The lowest BCUT2D eigenvalue weighted by Gasteiger charge is -2.44. The number of aliphatic hydroxyl groups excluding tert-OH is 1. The van der Waals surface area contributed by atoms with E-state index in [2.05, 4.69) is 27.3 Å². The monoisotopic (exact) mass is 760 g/mol. The number of aromatic nitrogens is 1. The standard InChI is InChI=1S/C40H42Cl2N4O7/c1-39(50)22-46(23-39)12-5-13-51-34-9-4-8-31(37(34)42)28-6-3-7-30-29(28)10-11-33(30)53-36-16-35(52-21-26-14-25(17-43)18-44-19-26)27(15-32(36)41)20-45-40(2,24-47)38(48)49/h3-4,6-9,14-16,18-19,33,45,47,50H,5,10-13,20-24H2,1-2H3,(H,48,49)/t33-,40?/m0/s1. The molecule has 0 saturated carbocycles. The maximum Gasteiger partial charge on any atom is 0.326 e. The number of nitrogens with zero attached hydrogens (tertiary/aromatic N) is 3. The van der Waals surface area contributed by atoms with Crippen LogP contribution < -0.4 is 19.5 Å². The zero-order valence-corrected chi connectivity index (χ0v) is 31.1. The molecular formula is C40H42Cl2N4O7. The Kier molecular flexibility index (Phi) is 11.8. The number of carboxylic acid groups (broad SMARTS) is 1. The molecular weight excluding hydrogens is 719 g/mol. The van der Waals surface area contributed by atoms with Gasteiger partial charge in [-0.2, -0.15) is 5.26 Å². The Morgan fingerprint density at radius 3 is 2.60 bits per heavy atom. The normalized spacial score (nSPS) is 17.3. The van der Waals surface area contributed by atoms with Gasteiger partial charge in [-0.25, -0.2) is 0 Å². The Morgan fingerprint density at radius 1 is 1.09 bits per heavy atom. The fourth-order valence-corrected chi connectivity index (χ4v) is 7.25. The fraction of sp³-hybridized carbons (Fsp3) is 0.375. The van der Waals surface area contributed by atoms with E-state index >= 15 is 0 Å². The van der Waals surface area contributed by atoms with Crippen LogP contribution in [0.2, 0.25) is 10.0 Å². The molecule has 1 aromatic heterocycles. The summed E-state index contributed by atoms with van der Waals surface area (Å²) in [6.45, 7) is 5.41. The molecule has 13 heteroatoms. The summed E-state index contributed by atoms with van der Waals surface area (Å²) in [4.78, 5) is 18.1. The molecule has 278 valence electrons. The van der Waals surface area contributed by atoms with E-state index in [0.717, 1.165) is 41.6 Å². The number of β-amino-alcohol motifs (C(OH)–C–C–N with tert-alkyl or cyclic N) is 1. The third kappa shape index (κ3) is 8.87. The summed E-state index contributed by atoms with van der Waals surface area (Å²) >= 11 is 13.8. The third-order valence-corrected chi connectivity index (χ3v) is 10.3. The number of likely N-dealkylation sites (tertiary alicyclic amines) is 1. The van der Waals surface area contributed by atoms with Crippen molar-refractivity contribution in [1.82, 2.24) is 15.2 Å². The van der Waals surface area contributed by atoms with Crippen molar-refractivity contribution < 1.29 is 34.3 Å². The maximum absolute atomic E-state index is 11.8. The van der Waals surface area contributed by atoms with Crippen LogP contribution in [0.1, 0.15) is 60.6 Å². The zero-order valence-electron chi connectivity index (χ0n) is 29.6. The van der Waals surface area contributed by atoms with Gasteiger partial charge in [0.05, 0.1) is 34.4 Å². The van der Waals surface area contributed by atoms with Crippen LogP contribution in [-0.2, 0) is 24.4 Å². The van der Waals surface area contributed by atoms with Crippen LogP contribution in [0.15, 0.2) is 67.0 Å². The SMILES string of the molecule is CC1(O)CN(CCCOc2cccc(-c3cccc4c3CC[C@@H]4Oc3cc(OCc4cncc(C#N)c4)c(CNC(C)(CO)C(=O)O)cc3Cl)c2Cl)C1. The summed E-state index contributed by atoms with van der Waals surface area (Å²) in [6.07, 6.45) is 5.00. The number of nitriles is 1. The molecule has 0 bridgehead atoms. The smallest absolute Gasteiger partial charge is 0.326 e. The van der Waals surface area contributed by atoms with Gasteiger partial charge in [-0.05, 0) is 68.0 Å². The number of fused-ring (bicyclic) bond motifs is 1. The maximum atomic E-state index is 11.8. The summed E-state index contributed by atoms with van der Waals surface area (Å²) in [7, 11) is 0. The molecule has 1 unspecified atom stereocenters. The number of rotatable bonds is 16. The molecule has 0 spiro atoms. The van der Waals surface area contributed by atoms with Gasteiger partial charge in [0.2, 0.25) is 0 Å². The Hall–Kier alpha value is -4.41. The summed E-state index contributed by atoms with van der Waals surface area (Å²) in [5.41, 5.74) is 3.43. The van der Waals surface area contributed by atoms with E-state index in [4.69, 9.17) is 37.4 Å². The summed E-state index contributed by atoms with van der Waals surface area (Å²) in [5, 5.41) is 42.5. The second-order valence-corrected chi connectivity index (χ2v) is 14.9. The Labute approximate surface area is 318 Å². The van der Waals surface area contributed by atoms with Crippen molar-refractivity contribution in [3.8, 4) is 34.4 Å². The topological polar surface area (TPSA) is 157 Å². The molecule has 1 fully saturated rings. The van der Waals surface area contributed by atoms with Crippen molar-refractivity contribution in [1.29, 1.82) is 5.26 Å². The van der Waals surface area contributed by atoms with Crippen LogP contribution in [0.25, 0.3) is 11.1 Å². The molecule has 6 rings (SSSR count). The molecule has 3 aromatic carbocycles. The highest BCUT2D eigenvalue weighted by Crippen LogP contribution is 2.45. The summed E-state index contributed by atoms with van der Waals surface area (Å²) in [6, 6.07) is 19.0. The number of hydrogen-bond donors (Lipinski definition) is 4. The first-order valence-electron chi connectivity index (χ1n) is 17.4. The number of hydrogen-bond acceptors (Lipinski definition) is 10. The van der Waals surface area contributed by atoms with Gasteiger partial charge in [0.25, 0.3) is 0 Å². The minimum Gasteiger partial charge on any atom is -0.492 e. The van der Waals surface area contributed by atoms with Crippen LogP contribution in [0.5, 0.6) is 17.2 Å². The first-order valence-corrected chi connectivity index (χ1v) is 18.2. The highest BCUT2D eigenvalue weighted by atomic mass is 35.5. The van der Waals surface area contributed by atoms with Crippen LogP contribution in [0.3, 0.4) is 0 Å². The number of ether oxygens (including phenoxy) is 3. The quantitative estimate of drug-likeness (QED) is 0.0946. The lowest BCUT2D eigenvalue weighted by molar-refractivity contribution is -0.145. The average molecular weight is 762 g/mol. The van der Waals surface area contributed by atoms with E-state index in [0.29, 0.717) is 70.1 Å². The lowest BCUT2D eigenvalue weighted by Crippen LogP contribution is -2.59. The second kappa shape index (κ2) is 16.3. The van der Waals surface area contributed by atoms with Gasteiger partial charge >= 0.3 is 5.97 Å². The summed E-state index contributed by atoms with van der Waals surface area (Å²) in [5.74, 6) is 0.185. The molecule has 0 radical (unpaired) electrons. The highest BCUT2D eigenvalue weighted by molar-refractivity contribution is 6.35. The Morgan fingerprint density at radius 2 is 1.87 bits per heavy atom. The van der Waals surface area contributed by atoms with Crippen molar-refractivity contribution in [3.63, 3.8) is 0 Å². The van der Waals surface area contributed by atoms with Gasteiger partial charge in [-0.3, -0.25) is 20.0 Å². The minimum absolute atomic E-state index is 0.0238. The molecule has 2 heterocycles. The van der Waals surface area contributed by atoms with Crippen LogP contribution in [0.4, 0.5) is 0 Å². The van der Waals surface area contributed by atoms with E-state index in [1.165, 1.54) is 13.1 Å². The number of carboxylic acids is 1. The van der Waals surface area contributed by atoms with E-state index in [9.17, 15) is 25.4 Å².